The number of aromatic amines is 1. The Morgan fingerprint density at radius 2 is 1.56 bits per heavy atom. The van der Waals surface area contributed by atoms with Gasteiger partial charge >= 0.3 is 0 Å². The molecule has 1 amide bonds. The van der Waals surface area contributed by atoms with Crippen LogP contribution in [0.2, 0.25) is 0 Å². The zero-order valence-corrected chi connectivity index (χ0v) is 21.1. The maximum atomic E-state index is 13.1. The molecule has 3 N–H and O–H groups in total. The number of sulfonamides is 1. The van der Waals surface area contributed by atoms with Crippen LogP contribution in [0.5, 0.6) is 0 Å². The van der Waals surface area contributed by atoms with Gasteiger partial charge in [0.2, 0.25) is 15.9 Å². The molecule has 1 atom stereocenters. The van der Waals surface area contributed by atoms with E-state index in [1.165, 1.54) is 0 Å². The van der Waals surface area contributed by atoms with Gasteiger partial charge in [-0.05, 0) is 68.0 Å². The summed E-state index contributed by atoms with van der Waals surface area (Å²) in [6.45, 7) is 1.98. The average molecular weight is 502 g/mol. The van der Waals surface area contributed by atoms with Crippen LogP contribution in [0.1, 0.15) is 44.2 Å². The third-order valence-electron chi connectivity index (χ3n) is 7.07. The Labute approximate surface area is 212 Å². The number of nitrogens with one attached hydrogen (secondary N) is 3. The summed E-state index contributed by atoms with van der Waals surface area (Å²) in [6.07, 6.45) is 2.61. The van der Waals surface area contributed by atoms with Gasteiger partial charge in [0.05, 0.1) is 10.9 Å². The SMILES string of the molecule is C[C@@H](NC(=O)C1CCC(NS(=O)(=O)c2ccc3[nH]c(-c4ccccc4)cc3c2)CC1)c1ccccc1. The van der Waals surface area contributed by atoms with Crippen molar-refractivity contribution in [2.45, 2.75) is 49.6 Å². The number of hydrogen-bond donors (Lipinski definition) is 3. The first-order valence-electron chi connectivity index (χ1n) is 12.4. The first-order chi connectivity index (χ1) is 17.4. The van der Waals surface area contributed by atoms with E-state index in [9.17, 15) is 13.2 Å². The first-order valence-corrected chi connectivity index (χ1v) is 13.9. The Bertz CT molecular complexity index is 1440. The summed E-state index contributed by atoms with van der Waals surface area (Å²) in [5, 5.41) is 3.96. The second-order valence-electron chi connectivity index (χ2n) is 9.61. The van der Waals surface area contributed by atoms with Crippen molar-refractivity contribution >= 4 is 26.8 Å². The molecule has 0 saturated heterocycles. The van der Waals surface area contributed by atoms with Gasteiger partial charge in [0.15, 0.2) is 0 Å². The molecule has 1 aliphatic carbocycles. The van der Waals surface area contributed by atoms with Gasteiger partial charge in [-0.3, -0.25) is 4.79 Å². The largest absolute Gasteiger partial charge is 0.355 e. The number of hydrogen-bond acceptors (Lipinski definition) is 3. The zero-order valence-electron chi connectivity index (χ0n) is 20.3. The van der Waals surface area contributed by atoms with Crippen LogP contribution in [-0.2, 0) is 14.8 Å². The summed E-state index contributed by atoms with van der Waals surface area (Å²) in [4.78, 5) is 16.4. The van der Waals surface area contributed by atoms with E-state index >= 15 is 0 Å². The predicted octanol–water partition coefficient (Wildman–Crippen LogP) is 5.55. The molecule has 3 aromatic carbocycles. The van der Waals surface area contributed by atoms with Gasteiger partial charge in [-0.1, -0.05) is 60.7 Å². The van der Waals surface area contributed by atoms with E-state index in [0.717, 1.165) is 27.7 Å². The molecule has 36 heavy (non-hydrogen) atoms. The fourth-order valence-corrected chi connectivity index (χ4v) is 6.31. The van der Waals surface area contributed by atoms with Gasteiger partial charge in [0.1, 0.15) is 0 Å². The quantitative estimate of drug-likeness (QED) is 0.310. The summed E-state index contributed by atoms with van der Waals surface area (Å²) in [5.41, 5.74) is 3.97. The molecular weight excluding hydrogens is 470 g/mol. The number of rotatable bonds is 7. The molecule has 1 aliphatic rings. The molecule has 6 nitrogen and oxygen atoms in total. The normalized spacial score (nSPS) is 19.1. The molecule has 186 valence electrons. The molecule has 1 saturated carbocycles. The van der Waals surface area contributed by atoms with Crippen LogP contribution < -0.4 is 10.0 Å². The van der Waals surface area contributed by atoms with Crippen molar-refractivity contribution in [3.8, 4) is 11.3 Å². The molecule has 1 fully saturated rings. The molecule has 0 unspecified atom stereocenters. The van der Waals surface area contributed by atoms with Crippen molar-refractivity contribution in [3.05, 3.63) is 90.5 Å². The number of H-pyrrole nitrogens is 1. The minimum Gasteiger partial charge on any atom is -0.355 e. The van der Waals surface area contributed by atoms with Crippen LogP contribution >= 0.6 is 0 Å². The summed E-state index contributed by atoms with van der Waals surface area (Å²) in [6, 6.07) is 26.8. The minimum absolute atomic E-state index is 0.0415. The van der Waals surface area contributed by atoms with Crippen molar-refractivity contribution in [1.82, 2.24) is 15.0 Å². The van der Waals surface area contributed by atoms with Crippen molar-refractivity contribution < 1.29 is 13.2 Å². The summed E-state index contributed by atoms with van der Waals surface area (Å²) >= 11 is 0. The minimum atomic E-state index is -3.66. The van der Waals surface area contributed by atoms with Gasteiger partial charge < -0.3 is 10.3 Å². The standard InChI is InChI=1S/C29H31N3O3S/c1-20(21-8-4-2-5-9-21)30-29(33)23-12-14-25(15-13-23)32-36(34,35)26-16-17-27-24(18-26)19-28(31-27)22-10-6-3-7-11-22/h2-11,16-20,23,25,31-32H,12-15H2,1H3,(H,30,33)/t20-,23?,25?/m1/s1. The van der Waals surface area contributed by atoms with Crippen molar-refractivity contribution in [1.29, 1.82) is 0 Å². The predicted molar refractivity (Wildman–Crippen MR) is 143 cm³/mol. The van der Waals surface area contributed by atoms with Crippen molar-refractivity contribution in [2.24, 2.45) is 5.92 Å². The fourth-order valence-electron chi connectivity index (χ4n) is 4.97. The Morgan fingerprint density at radius 3 is 2.25 bits per heavy atom. The van der Waals surface area contributed by atoms with E-state index in [1.54, 1.807) is 12.1 Å². The maximum Gasteiger partial charge on any atom is 0.240 e. The van der Waals surface area contributed by atoms with Crippen LogP contribution in [0.4, 0.5) is 0 Å². The lowest BCUT2D eigenvalue weighted by atomic mass is 9.85. The van der Waals surface area contributed by atoms with Gasteiger partial charge in [-0.15, -0.1) is 0 Å². The van der Waals surface area contributed by atoms with E-state index in [4.69, 9.17) is 0 Å². The van der Waals surface area contributed by atoms with E-state index in [1.807, 2.05) is 79.7 Å². The molecule has 0 bridgehead atoms. The monoisotopic (exact) mass is 501 g/mol. The number of amides is 1. The lowest BCUT2D eigenvalue weighted by Gasteiger charge is -2.29. The molecule has 4 aromatic rings. The van der Waals surface area contributed by atoms with Crippen LogP contribution in [0, 0.1) is 5.92 Å². The van der Waals surface area contributed by atoms with Crippen LogP contribution in [0.25, 0.3) is 22.2 Å². The number of fused-ring (bicyclic) bond motifs is 1. The zero-order chi connectivity index (χ0) is 25.1. The lowest BCUT2D eigenvalue weighted by Crippen LogP contribution is -2.41. The number of aromatic nitrogens is 1. The van der Waals surface area contributed by atoms with E-state index < -0.39 is 10.0 Å². The lowest BCUT2D eigenvalue weighted by molar-refractivity contribution is -0.126. The summed E-state index contributed by atoms with van der Waals surface area (Å²) in [7, 11) is -3.66. The number of benzene rings is 3. The number of carbonyl (C=O) groups excluding carboxylic acids is 1. The topological polar surface area (TPSA) is 91.1 Å². The average Bonchev–Trinajstić information content (AvgIpc) is 3.33. The Balaban J connectivity index is 1.20. The third kappa shape index (κ3) is 5.37. The second-order valence-corrected chi connectivity index (χ2v) is 11.3. The molecule has 1 heterocycles. The molecule has 5 rings (SSSR count). The van der Waals surface area contributed by atoms with Crippen LogP contribution in [-0.4, -0.2) is 25.4 Å². The Hall–Kier alpha value is -3.42. The van der Waals surface area contributed by atoms with Crippen molar-refractivity contribution in [2.75, 3.05) is 0 Å². The maximum absolute atomic E-state index is 13.1. The van der Waals surface area contributed by atoms with Gasteiger partial charge in [-0.2, -0.15) is 0 Å². The molecular formula is C29H31N3O3S. The smallest absolute Gasteiger partial charge is 0.240 e. The second kappa shape index (κ2) is 10.3. The summed E-state index contributed by atoms with van der Waals surface area (Å²) in [5.74, 6) is -0.0516. The molecule has 0 radical (unpaired) electrons. The Morgan fingerprint density at radius 1 is 0.889 bits per heavy atom. The molecule has 0 aliphatic heterocycles. The molecule has 7 heteroatoms. The van der Waals surface area contributed by atoms with E-state index in [0.29, 0.717) is 25.7 Å². The Kier molecular flexibility index (Phi) is 6.94. The molecule has 0 spiro atoms. The highest BCUT2D eigenvalue weighted by Crippen LogP contribution is 2.29. The van der Waals surface area contributed by atoms with Crippen LogP contribution in [0.3, 0.4) is 0 Å². The highest BCUT2D eigenvalue weighted by Gasteiger charge is 2.30. The number of carbonyl (C=O) groups is 1. The highest BCUT2D eigenvalue weighted by molar-refractivity contribution is 7.89. The van der Waals surface area contributed by atoms with E-state index in [-0.39, 0.29) is 28.8 Å². The van der Waals surface area contributed by atoms with Crippen molar-refractivity contribution in [3.63, 3.8) is 0 Å². The first kappa shape index (κ1) is 24.3. The van der Waals surface area contributed by atoms with Gasteiger partial charge in [-0.25, -0.2) is 13.1 Å². The van der Waals surface area contributed by atoms with Gasteiger partial charge in [0, 0.05) is 28.6 Å². The van der Waals surface area contributed by atoms with Crippen LogP contribution in [0.15, 0.2) is 89.8 Å². The molecule has 1 aromatic heterocycles. The third-order valence-corrected chi connectivity index (χ3v) is 8.58. The van der Waals surface area contributed by atoms with E-state index in [2.05, 4.69) is 15.0 Å². The summed E-state index contributed by atoms with van der Waals surface area (Å²) < 4.78 is 29.1. The van der Waals surface area contributed by atoms with Gasteiger partial charge in [0.25, 0.3) is 0 Å². The fraction of sp³-hybridized carbons (Fsp3) is 0.276. The highest BCUT2D eigenvalue weighted by atomic mass is 32.2.